The third-order valence-corrected chi connectivity index (χ3v) is 4.19. The van der Waals surface area contributed by atoms with Gasteiger partial charge in [0.25, 0.3) is 0 Å². The number of nitrogens with one attached hydrogen (secondary N) is 1. The van der Waals surface area contributed by atoms with E-state index in [9.17, 15) is 0 Å². The maximum Gasteiger partial charge on any atom is 0.244 e. The quantitative estimate of drug-likeness (QED) is 0.884. The summed E-state index contributed by atoms with van der Waals surface area (Å²) in [5.41, 5.74) is 0. The van der Waals surface area contributed by atoms with Crippen LogP contribution in [0, 0.1) is 0 Å². The van der Waals surface area contributed by atoms with Crippen molar-refractivity contribution in [3.8, 4) is 0 Å². The van der Waals surface area contributed by atoms with Crippen molar-refractivity contribution >= 4 is 0 Å². The highest BCUT2D eigenvalue weighted by molar-refractivity contribution is 5.02. The molecule has 2 aliphatic heterocycles. The van der Waals surface area contributed by atoms with Crippen molar-refractivity contribution in [3.05, 3.63) is 11.7 Å². The number of nitrogens with zero attached hydrogens (tertiary/aromatic N) is 3. The van der Waals surface area contributed by atoms with Crippen LogP contribution in [0.5, 0.6) is 0 Å². The van der Waals surface area contributed by atoms with Crippen molar-refractivity contribution in [2.45, 2.75) is 44.6 Å². The van der Waals surface area contributed by atoms with Gasteiger partial charge in [-0.1, -0.05) is 18.5 Å². The smallest absolute Gasteiger partial charge is 0.244 e. The van der Waals surface area contributed by atoms with Gasteiger partial charge in [0.15, 0.2) is 5.82 Å². The maximum absolute atomic E-state index is 5.52. The summed E-state index contributed by atoms with van der Waals surface area (Å²) in [6, 6.07) is 0.347. The van der Waals surface area contributed by atoms with Gasteiger partial charge in [-0.3, -0.25) is 4.90 Å². The van der Waals surface area contributed by atoms with Crippen molar-refractivity contribution in [1.29, 1.82) is 0 Å². The average Bonchev–Trinajstić information content (AvgIpc) is 3.09. The van der Waals surface area contributed by atoms with Crippen molar-refractivity contribution < 1.29 is 4.52 Å². The molecule has 1 aromatic rings. The van der Waals surface area contributed by atoms with Crippen molar-refractivity contribution in [3.63, 3.8) is 0 Å². The number of rotatable bonds is 3. The van der Waals surface area contributed by atoms with E-state index in [-0.39, 0.29) is 0 Å². The van der Waals surface area contributed by atoms with Gasteiger partial charge < -0.3 is 9.84 Å². The minimum absolute atomic E-state index is 0.347. The first-order valence-electron chi connectivity index (χ1n) is 7.16. The van der Waals surface area contributed by atoms with Crippen LogP contribution in [0.1, 0.15) is 56.3 Å². The molecule has 0 radical (unpaired) electrons. The Hall–Kier alpha value is -0.940. The fraction of sp³-hybridized carbons (Fsp3) is 0.846. The van der Waals surface area contributed by atoms with Gasteiger partial charge in [-0.05, 0) is 38.9 Å². The van der Waals surface area contributed by atoms with Crippen LogP contribution in [0.3, 0.4) is 0 Å². The minimum atomic E-state index is 0.347. The van der Waals surface area contributed by atoms with Gasteiger partial charge in [0.1, 0.15) is 0 Å². The zero-order valence-corrected chi connectivity index (χ0v) is 11.1. The van der Waals surface area contributed by atoms with E-state index in [0.29, 0.717) is 12.0 Å². The molecule has 1 aromatic heterocycles. The van der Waals surface area contributed by atoms with Gasteiger partial charge >= 0.3 is 0 Å². The van der Waals surface area contributed by atoms with Crippen LogP contribution in [0.4, 0.5) is 0 Å². The zero-order valence-electron chi connectivity index (χ0n) is 11.1. The van der Waals surface area contributed by atoms with Crippen molar-refractivity contribution in [2.75, 3.05) is 26.2 Å². The summed E-state index contributed by atoms with van der Waals surface area (Å²) in [5.74, 6) is 2.18. The highest BCUT2D eigenvalue weighted by Crippen LogP contribution is 2.30. The monoisotopic (exact) mass is 250 g/mol. The molecule has 0 aliphatic carbocycles. The summed E-state index contributed by atoms with van der Waals surface area (Å²) in [5, 5.41) is 7.54. The van der Waals surface area contributed by atoms with Gasteiger partial charge in [-0.25, -0.2) is 0 Å². The van der Waals surface area contributed by atoms with E-state index < -0.39 is 0 Å². The molecular weight excluding hydrogens is 228 g/mol. The third kappa shape index (κ3) is 2.29. The molecule has 3 heterocycles. The lowest BCUT2D eigenvalue weighted by Crippen LogP contribution is -2.33. The fourth-order valence-corrected chi connectivity index (χ4v) is 3.07. The lowest BCUT2D eigenvalue weighted by Gasteiger charge is -2.32. The van der Waals surface area contributed by atoms with Crippen molar-refractivity contribution in [2.24, 2.45) is 0 Å². The molecule has 2 aliphatic rings. The Morgan fingerprint density at radius 3 is 3.11 bits per heavy atom. The molecule has 18 heavy (non-hydrogen) atoms. The van der Waals surface area contributed by atoms with E-state index in [1.54, 1.807) is 0 Å². The Labute approximate surface area is 108 Å². The summed E-state index contributed by atoms with van der Waals surface area (Å²) in [4.78, 5) is 7.11. The van der Waals surface area contributed by atoms with Crippen LogP contribution in [0.2, 0.25) is 0 Å². The van der Waals surface area contributed by atoms with Gasteiger partial charge in [-0.2, -0.15) is 4.98 Å². The number of piperidine rings is 1. The minimum Gasteiger partial charge on any atom is -0.338 e. The molecule has 0 spiro atoms. The van der Waals surface area contributed by atoms with E-state index in [0.717, 1.165) is 50.7 Å². The van der Waals surface area contributed by atoms with E-state index in [2.05, 4.69) is 27.3 Å². The summed E-state index contributed by atoms with van der Waals surface area (Å²) in [6.07, 6.45) is 4.83. The summed E-state index contributed by atoms with van der Waals surface area (Å²) >= 11 is 0. The Morgan fingerprint density at radius 1 is 1.39 bits per heavy atom. The average molecular weight is 250 g/mol. The molecule has 1 N–H and O–H groups in total. The van der Waals surface area contributed by atoms with Crippen LogP contribution >= 0.6 is 0 Å². The molecule has 0 amide bonds. The van der Waals surface area contributed by atoms with Gasteiger partial charge in [0, 0.05) is 12.5 Å². The second-order valence-electron chi connectivity index (χ2n) is 5.32. The summed E-state index contributed by atoms with van der Waals surface area (Å²) in [7, 11) is 0. The molecule has 0 saturated carbocycles. The molecule has 2 fully saturated rings. The first kappa shape index (κ1) is 12.1. The molecule has 0 bridgehead atoms. The van der Waals surface area contributed by atoms with Crippen LogP contribution in [0.15, 0.2) is 4.52 Å². The second kappa shape index (κ2) is 5.36. The molecule has 5 heteroatoms. The third-order valence-electron chi connectivity index (χ3n) is 4.19. The van der Waals surface area contributed by atoms with E-state index >= 15 is 0 Å². The molecular formula is C13H22N4O. The molecule has 5 nitrogen and oxygen atoms in total. The Morgan fingerprint density at radius 2 is 2.33 bits per heavy atom. The van der Waals surface area contributed by atoms with E-state index in [1.165, 1.54) is 12.8 Å². The fourth-order valence-electron chi connectivity index (χ4n) is 3.07. The summed E-state index contributed by atoms with van der Waals surface area (Å²) < 4.78 is 5.52. The van der Waals surface area contributed by atoms with Crippen LogP contribution in [-0.2, 0) is 0 Å². The number of hydrogen-bond donors (Lipinski definition) is 1. The standard InChI is InChI=1S/C13H22N4O/c1-2-17-8-4-3-5-11(17)13-15-12(16-18-13)10-6-7-14-9-10/h10-11,14H,2-9H2,1H3. The highest BCUT2D eigenvalue weighted by Gasteiger charge is 2.29. The van der Waals surface area contributed by atoms with Crippen LogP contribution in [0.25, 0.3) is 0 Å². The lowest BCUT2D eigenvalue weighted by atomic mass is 10.0. The van der Waals surface area contributed by atoms with Crippen molar-refractivity contribution in [1.82, 2.24) is 20.4 Å². The SMILES string of the molecule is CCN1CCCCC1c1nc(C2CCNC2)no1. The molecule has 0 aromatic carbocycles. The zero-order chi connectivity index (χ0) is 12.4. The van der Waals surface area contributed by atoms with E-state index in [1.807, 2.05) is 0 Å². The normalized spacial score (nSPS) is 29.8. The van der Waals surface area contributed by atoms with Crippen LogP contribution in [-0.4, -0.2) is 41.2 Å². The largest absolute Gasteiger partial charge is 0.338 e. The maximum atomic E-state index is 5.52. The Bertz CT molecular complexity index is 386. The Balaban J connectivity index is 1.74. The summed E-state index contributed by atoms with van der Waals surface area (Å²) in [6.45, 7) is 6.48. The number of aromatic nitrogens is 2. The topological polar surface area (TPSA) is 54.2 Å². The first-order valence-corrected chi connectivity index (χ1v) is 7.16. The Kier molecular flexibility index (Phi) is 3.61. The molecule has 3 rings (SSSR count). The van der Waals surface area contributed by atoms with Gasteiger partial charge in [0.05, 0.1) is 6.04 Å². The molecule has 2 unspecified atom stereocenters. The highest BCUT2D eigenvalue weighted by atomic mass is 16.5. The number of likely N-dealkylation sites (tertiary alicyclic amines) is 1. The predicted molar refractivity (Wildman–Crippen MR) is 68.4 cm³/mol. The predicted octanol–water partition coefficient (Wildman–Crippen LogP) is 1.69. The molecule has 2 atom stereocenters. The molecule has 2 saturated heterocycles. The second-order valence-corrected chi connectivity index (χ2v) is 5.32. The van der Waals surface area contributed by atoms with Gasteiger partial charge in [-0.15, -0.1) is 0 Å². The molecule has 100 valence electrons. The first-order chi connectivity index (χ1) is 8.88. The number of hydrogen-bond acceptors (Lipinski definition) is 5. The lowest BCUT2D eigenvalue weighted by molar-refractivity contribution is 0.125. The van der Waals surface area contributed by atoms with Gasteiger partial charge in [0.2, 0.25) is 5.89 Å². The van der Waals surface area contributed by atoms with Crippen LogP contribution < -0.4 is 5.32 Å². The van der Waals surface area contributed by atoms with E-state index in [4.69, 9.17) is 4.52 Å².